The summed E-state index contributed by atoms with van der Waals surface area (Å²) in [5.74, 6) is -0.870. The quantitative estimate of drug-likeness (QED) is 0.453. The smallest absolute Gasteiger partial charge is 0.446 e. The number of hydrogen-bond acceptors (Lipinski definition) is 4. The molecule has 108 valence electrons. The minimum Gasteiger partial charge on any atom is -0.462 e. The summed E-state index contributed by atoms with van der Waals surface area (Å²) in [7, 11) is 0. The number of hydrogen-bond donors (Lipinski definition) is 0. The number of nitriles is 1. The van der Waals surface area contributed by atoms with Gasteiger partial charge in [0, 0.05) is 10.2 Å². The lowest BCUT2D eigenvalue weighted by molar-refractivity contribution is -0.0328. The van der Waals surface area contributed by atoms with Crippen LogP contribution in [0.25, 0.3) is 0 Å². The first-order valence-corrected chi connectivity index (χ1v) is 7.32. The Hall–Kier alpha value is -1.20. The Morgan fingerprint density at radius 2 is 2.15 bits per heavy atom. The standard InChI is InChI=1S/C12H9BrF3NO2S/c1-2-19-11(18)9-7(5-13)3-4-8(6-17)10(9)20-12(14,15)16/h3-4H,2,5H2,1H3. The van der Waals surface area contributed by atoms with Crippen molar-refractivity contribution >= 4 is 33.7 Å². The molecule has 8 heteroatoms. The number of benzene rings is 1. The van der Waals surface area contributed by atoms with E-state index in [1.54, 1.807) is 13.0 Å². The minimum atomic E-state index is -4.60. The van der Waals surface area contributed by atoms with Crippen LogP contribution in [0, 0.1) is 11.3 Å². The van der Waals surface area contributed by atoms with Gasteiger partial charge in [-0.2, -0.15) is 18.4 Å². The number of halogens is 4. The highest BCUT2D eigenvalue weighted by molar-refractivity contribution is 9.08. The van der Waals surface area contributed by atoms with Gasteiger partial charge in [-0.25, -0.2) is 4.79 Å². The van der Waals surface area contributed by atoms with Crippen LogP contribution in [0.15, 0.2) is 17.0 Å². The van der Waals surface area contributed by atoms with Crippen molar-refractivity contribution in [3.63, 3.8) is 0 Å². The third kappa shape index (κ3) is 4.15. The molecule has 0 aliphatic heterocycles. The molecule has 20 heavy (non-hydrogen) atoms. The second-order valence-corrected chi connectivity index (χ2v) is 5.13. The second-order valence-electron chi connectivity index (χ2n) is 3.49. The lowest BCUT2D eigenvalue weighted by Crippen LogP contribution is -2.12. The number of alkyl halides is 4. The maximum Gasteiger partial charge on any atom is 0.446 e. The molecule has 0 fully saturated rings. The average Bonchev–Trinajstić information content (AvgIpc) is 2.36. The van der Waals surface area contributed by atoms with E-state index >= 15 is 0 Å². The summed E-state index contributed by atoms with van der Waals surface area (Å²) < 4.78 is 42.6. The number of carbonyl (C=O) groups is 1. The van der Waals surface area contributed by atoms with Crippen LogP contribution in [0.1, 0.15) is 28.4 Å². The lowest BCUT2D eigenvalue weighted by Gasteiger charge is -2.14. The molecule has 3 nitrogen and oxygen atoms in total. The first-order chi connectivity index (χ1) is 9.34. The van der Waals surface area contributed by atoms with Gasteiger partial charge in [-0.15, -0.1) is 0 Å². The van der Waals surface area contributed by atoms with Crippen molar-refractivity contribution in [2.24, 2.45) is 0 Å². The molecule has 0 bridgehead atoms. The van der Waals surface area contributed by atoms with E-state index in [-0.39, 0.29) is 23.1 Å². The SMILES string of the molecule is CCOC(=O)c1c(CBr)ccc(C#N)c1SC(F)(F)F. The molecule has 0 saturated heterocycles. The van der Waals surface area contributed by atoms with Gasteiger partial charge >= 0.3 is 11.5 Å². The van der Waals surface area contributed by atoms with Crippen molar-refractivity contribution in [2.45, 2.75) is 22.7 Å². The molecule has 0 amide bonds. The Labute approximate surface area is 126 Å². The van der Waals surface area contributed by atoms with Crippen molar-refractivity contribution < 1.29 is 22.7 Å². The molecule has 1 rings (SSSR count). The zero-order chi connectivity index (χ0) is 15.3. The summed E-state index contributed by atoms with van der Waals surface area (Å²) in [6, 6.07) is 4.35. The van der Waals surface area contributed by atoms with E-state index in [4.69, 9.17) is 10.00 Å². The van der Waals surface area contributed by atoms with Gasteiger partial charge in [0.2, 0.25) is 0 Å². The molecule has 0 aromatic heterocycles. The van der Waals surface area contributed by atoms with E-state index in [2.05, 4.69) is 15.9 Å². The summed E-state index contributed by atoms with van der Waals surface area (Å²) in [6.07, 6.45) is 0. The van der Waals surface area contributed by atoms with Crippen LogP contribution in [0.2, 0.25) is 0 Å². The van der Waals surface area contributed by atoms with Gasteiger partial charge in [0.15, 0.2) is 0 Å². The van der Waals surface area contributed by atoms with Crippen LogP contribution >= 0.6 is 27.7 Å². The molecule has 1 aromatic carbocycles. The summed E-state index contributed by atoms with van der Waals surface area (Å²) >= 11 is 2.62. The summed E-state index contributed by atoms with van der Waals surface area (Å²) in [6.45, 7) is 1.59. The maximum atomic E-state index is 12.6. The maximum absolute atomic E-state index is 12.6. The Kier molecular flexibility index (Phi) is 5.89. The molecule has 0 radical (unpaired) electrons. The molecular weight excluding hydrogens is 359 g/mol. The average molecular weight is 368 g/mol. The fraction of sp³-hybridized carbons (Fsp3) is 0.333. The van der Waals surface area contributed by atoms with Gasteiger partial charge < -0.3 is 4.74 Å². The highest BCUT2D eigenvalue weighted by Crippen LogP contribution is 2.41. The zero-order valence-electron chi connectivity index (χ0n) is 10.3. The van der Waals surface area contributed by atoms with E-state index < -0.39 is 28.1 Å². The van der Waals surface area contributed by atoms with Crippen LogP contribution in [0.3, 0.4) is 0 Å². The molecule has 0 aliphatic rings. The van der Waals surface area contributed by atoms with E-state index in [0.29, 0.717) is 5.56 Å². The number of carbonyl (C=O) groups excluding carboxylic acids is 1. The van der Waals surface area contributed by atoms with Crippen molar-refractivity contribution in [2.75, 3.05) is 6.61 Å². The third-order valence-corrected chi connectivity index (χ3v) is 3.67. The predicted octanol–water partition coefficient (Wildman–Crippen LogP) is 4.24. The molecule has 0 unspecified atom stereocenters. The fourth-order valence-electron chi connectivity index (χ4n) is 1.47. The van der Waals surface area contributed by atoms with Gasteiger partial charge in [0.25, 0.3) is 0 Å². The zero-order valence-corrected chi connectivity index (χ0v) is 12.7. The molecule has 0 N–H and O–H groups in total. The Morgan fingerprint density at radius 1 is 1.50 bits per heavy atom. The van der Waals surface area contributed by atoms with Crippen LogP contribution in [0.5, 0.6) is 0 Å². The van der Waals surface area contributed by atoms with Gasteiger partial charge in [-0.1, -0.05) is 22.0 Å². The van der Waals surface area contributed by atoms with Crippen molar-refractivity contribution in [1.29, 1.82) is 5.26 Å². The fourth-order valence-corrected chi connectivity index (χ4v) is 2.71. The summed E-state index contributed by atoms with van der Waals surface area (Å²) in [5, 5.41) is 9.10. The van der Waals surface area contributed by atoms with Crippen LogP contribution in [0.4, 0.5) is 13.2 Å². The number of rotatable bonds is 4. The second kappa shape index (κ2) is 6.99. The lowest BCUT2D eigenvalue weighted by atomic mass is 10.1. The first-order valence-electron chi connectivity index (χ1n) is 5.38. The number of thioether (sulfide) groups is 1. The highest BCUT2D eigenvalue weighted by Gasteiger charge is 2.34. The number of nitrogens with zero attached hydrogens (tertiary/aromatic N) is 1. The van der Waals surface area contributed by atoms with Crippen molar-refractivity contribution in [3.8, 4) is 6.07 Å². The molecule has 0 atom stereocenters. The minimum absolute atomic E-state index is 0.0352. The van der Waals surface area contributed by atoms with Crippen molar-refractivity contribution in [3.05, 3.63) is 28.8 Å². The molecule has 0 aliphatic carbocycles. The summed E-state index contributed by atoms with van der Waals surface area (Å²) in [5.41, 5.74) is -4.68. The molecule has 0 spiro atoms. The van der Waals surface area contributed by atoms with Crippen LogP contribution < -0.4 is 0 Å². The Balaban J connectivity index is 3.49. The molecule has 1 aromatic rings. The Bertz CT molecular complexity index is 555. The highest BCUT2D eigenvalue weighted by atomic mass is 79.9. The van der Waals surface area contributed by atoms with Gasteiger partial charge in [0.05, 0.1) is 17.7 Å². The first kappa shape index (κ1) is 16.9. The third-order valence-electron chi connectivity index (χ3n) is 2.21. The number of esters is 1. The molecular formula is C12H9BrF3NO2S. The van der Waals surface area contributed by atoms with Crippen LogP contribution in [-0.4, -0.2) is 18.1 Å². The van der Waals surface area contributed by atoms with E-state index in [1.165, 1.54) is 12.1 Å². The Morgan fingerprint density at radius 3 is 2.60 bits per heavy atom. The van der Waals surface area contributed by atoms with E-state index in [0.717, 1.165) is 0 Å². The summed E-state index contributed by atoms with van der Waals surface area (Å²) in [4.78, 5) is 11.4. The largest absolute Gasteiger partial charge is 0.462 e. The topological polar surface area (TPSA) is 50.1 Å². The predicted molar refractivity (Wildman–Crippen MR) is 71.7 cm³/mol. The van der Waals surface area contributed by atoms with E-state index in [1.807, 2.05) is 0 Å². The van der Waals surface area contributed by atoms with Gasteiger partial charge in [-0.05, 0) is 30.3 Å². The monoisotopic (exact) mass is 367 g/mol. The molecule has 0 saturated carbocycles. The van der Waals surface area contributed by atoms with Gasteiger partial charge in [0.1, 0.15) is 6.07 Å². The normalized spacial score (nSPS) is 11.0. The van der Waals surface area contributed by atoms with Gasteiger partial charge in [-0.3, -0.25) is 0 Å². The van der Waals surface area contributed by atoms with Crippen molar-refractivity contribution in [1.82, 2.24) is 0 Å². The molecule has 0 heterocycles. The number of ether oxygens (including phenoxy) is 1. The van der Waals surface area contributed by atoms with E-state index in [9.17, 15) is 18.0 Å². The van der Waals surface area contributed by atoms with Crippen LogP contribution in [-0.2, 0) is 10.1 Å².